The van der Waals surface area contributed by atoms with Gasteiger partial charge >= 0.3 is 0 Å². The van der Waals surface area contributed by atoms with Gasteiger partial charge in [-0.1, -0.05) is 42.1 Å². The average Bonchev–Trinajstić information content (AvgIpc) is 3.21. The number of fused-ring (bicyclic) bond motifs is 2. The molecule has 0 fully saturated rings. The predicted molar refractivity (Wildman–Crippen MR) is 122 cm³/mol. The predicted octanol–water partition coefficient (Wildman–Crippen LogP) is 3.54. The minimum absolute atomic E-state index is 0.0816. The Balaban J connectivity index is 1.69. The average molecular weight is 430 g/mol. The van der Waals surface area contributed by atoms with Gasteiger partial charge in [-0.05, 0) is 37.1 Å². The Kier molecular flexibility index (Phi) is 4.67. The summed E-state index contributed by atoms with van der Waals surface area (Å²) < 4.78 is 1.70. The van der Waals surface area contributed by atoms with E-state index < -0.39 is 0 Å². The third-order valence-electron chi connectivity index (χ3n) is 5.14. The number of para-hydroxylation sites is 1. The monoisotopic (exact) mass is 429 g/mol. The molecule has 9 heteroatoms. The second kappa shape index (κ2) is 7.51. The topological polar surface area (TPSA) is 115 Å². The molecule has 0 aliphatic carbocycles. The van der Waals surface area contributed by atoms with Crippen LogP contribution in [0.5, 0.6) is 0 Å². The fraction of sp³-hybridized carbons (Fsp3) is 0.136. The van der Waals surface area contributed by atoms with Crippen LogP contribution in [-0.2, 0) is 5.75 Å². The minimum Gasteiger partial charge on any atom is -0.368 e. The van der Waals surface area contributed by atoms with Gasteiger partial charge in [-0.25, -0.2) is 15.0 Å². The maximum atomic E-state index is 13.6. The van der Waals surface area contributed by atoms with Crippen molar-refractivity contribution < 1.29 is 0 Å². The molecule has 5 rings (SSSR count). The number of hydrogen-bond donors (Lipinski definition) is 2. The molecule has 0 radical (unpaired) electrons. The Bertz CT molecular complexity index is 1510. The number of imidazole rings is 1. The Morgan fingerprint density at radius 2 is 1.84 bits per heavy atom. The molecule has 0 amide bonds. The van der Waals surface area contributed by atoms with Crippen molar-refractivity contribution in [1.29, 1.82) is 0 Å². The molecule has 0 spiro atoms. The standard InChI is InChI=1S/C22H19N7OS/c1-12-6-3-4-9-15(12)29-16(26-14-8-5-7-13(2)17(14)21(29)30)10-31-20-18-19(25-11-24-18)27-22(23)28-20/h3-9,11H,10H2,1-2H3,(H3,23,24,25,27,28). The summed E-state index contributed by atoms with van der Waals surface area (Å²) in [7, 11) is 0. The second-order valence-electron chi connectivity index (χ2n) is 7.20. The van der Waals surface area contributed by atoms with Crippen LogP contribution in [0.2, 0.25) is 0 Å². The number of aromatic nitrogens is 6. The molecule has 3 aromatic heterocycles. The lowest BCUT2D eigenvalue weighted by Gasteiger charge is -2.16. The number of nitrogen functional groups attached to an aromatic ring is 1. The number of hydrogen-bond acceptors (Lipinski definition) is 7. The molecule has 0 atom stereocenters. The van der Waals surface area contributed by atoms with Gasteiger partial charge in [0.2, 0.25) is 5.95 Å². The van der Waals surface area contributed by atoms with Crippen LogP contribution < -0.4 is 11.3 Å². The van der Waals surface area contributed by atoms with Crippen LogP contribution in [0.1, 0.15) is 17.0 Å². The first-order chi connectivity index (χ1) is 15.0. The number of thioether (sulfide) groups is 1. The molecule has 0 saturated heterocycles. The highest BCUT2D eigenvalue weighted by Crippen LogP contribution is 2.28. The Morgan fingerprint density at radius 1 is 1.03 bits per heavy atom. The summed E-state index contributed by atoms with van der Waals surface area (Å²) in [5.41, 5.74) is 10.4. The summed E-state index contributed by atoms with van der Waals surface area (Å²) in [6.45, 7) is 3.92. The van der Waals surface area contributed by atoms with Gasteiger partial charge in [0.1, 0.15) is 16.4 Å². The summed E-state index contributed by atoms with van der Waals surface area (Å²) in [6, 6.07) is 13.5. The van der Waals surface area contributed by atoms with E-state index in [9.17, 15) is 4.79 Å². The maximum Gasteiger partial charge on any atom is 0.266 e. The van der Waals surface area contributed by atoms with E-state index in [1.165, 1.54) is 11.8 Å². The van der Waals surface area contributed by atoms with Gasteiger partial charge in [0.05, 0.1) is 28.7 Å². The van der Waals surface area contributed by atoms with Crippen LogP contribution in [0, 0.1) is 13.8 Å². The van der Waals surface area contributed by atoms with Gasteiger partial charge in [0, 0.05) is 0 Å². The van der Waals surface area contributed by atoms with Gasteiger partial charge in [0.15, 0.2) is 5.65 Å². The van der Waals surface area contributed by atoms with Crippen molar-refractivity contribution >= 4 is 39.8 Å². The van der Waals surface area contributed by atoms with Gasteiger partial charge in [-0.2, -0.15) is 4.98 Å². The number of nitrogens with one attached hydrogen (secondary N) is 1. The third kappa shape index (κ3) is 3.32. The van der Waals surface area contributed by atoms with Crippen molar-refractivity contribution in [2.24, 2.45) is 0 Å². The first kappa shape index (κ1) is 19.3. The fourth-order valence-electron chi connectivity index (χ4n) is 3.66. The lowest BCUT2D eigenvalue weighted by molar-refractivity contribution is 0.875. The first-order valence-electron chi connectivity index (χ1n) is 9.69. The normalized spacial score (nSPS) is 11.4. The molecule has 154 valence electrons. The van der Waals surface area contributed by atoms with E-state index in [0.717, 1.165) is 16.8 Å². The van der Waals surface area contributed by atoms with Crippen molar-refractivity contribution in [2.45, 2.75) is 24.6 Å². The van der Waals surface area contributed by atoms with Crippen molar-refractivity contribution in [3.63, 3.8) is 0 Å². The molecule has 3 heterocycles. The zero-order valence-corrected chi connectivity index (χ0v) is 17.8. The number of anilines is 1. The minimum atomic E-state index is -0.0816. The lowest BCUT2D eigenvalue weighted by Crippen LogP contribution is -2.25. The van der Waals surface area contributed by atoms with E-state index in [4.69, 9.17) is 10.7 Å². The molecule has 0 bridgehead atoms. The smallest absolute Gasteiger partial charge is 0.266 e. The number of rotatable bonds is 4. The van der Waals surface area contributed by atoms with Crippen molar-refractivity contribution in [2.75, 3.05) is 5.73 Å². The summed E-state index contributed by atoms with van der Waals surface area (Å²) in [4.78, 5) is 34.2. The first-order valence-corrected chi connectivity index (χ1v) is 10.7. The molecule has 0 aliphatic rings. The molecular weight excluding hydrogens is 410 g/mol. The Morgan fingerprint density at radius 3 is 2.68 bits per heavy atom. The largest absolute Gasteiger partial charge is 0.368 e. The quantitative estimate of drug-likeness (QED) is 0.332. The third-order valence-corrected chi connectivity index (χ3v) is 6.11. The Labute approximate surface area is 181 Å². The number of aryl methyl sites for hydroxylation is 2. The number of H-pyrrole nitrogens is 1. The number of nitrogens with zero attached hydrogens (tertiary/aromatic N) is 5. The summed E-state index contributed by atoms with van der Waals surface area (Å²) >= 11 is 1.43. The number of aromatic amines is 1. The van der Waals surface area contributed by atoms with Crippen LogP contribution in [0.25, 0.3) is 27.8 Å². The molecule has 0 unspecified atom stereocenters. The maximum absolute atomic E-state index is 13.6. The zero-order chi connectivity index (χ0) is 21.5. The zero-order valence-electron chi connectivity index (χ0n) is 17.0. The van der Waals surface area contributed by atoms with E-state index >= 15 is 0 Å². The van der Waals surface area contributed by atoms with Gasteiger partial charge in [0.25, 0.3) is 5.56 Å². The van der Waals surface area contributed by atoms with E-state index in [1.54, 1.807) is 10.9 Å². The highest BCUT2D eigenvalue weighted by atomic mass is 32.2. The van der Waals surface area contributed by atoms with Crippen molar-refractivity contribution in [1.82, 2.24) is 29.5 Å². The fourth-order valence-corrected chi connectivity index (χ4v) is 4.57. The molecule has 2 aromatic carbocycles. The Hall–Kier alpha value is -3.72. The summed E-state index contributed by atoms with van der Waals surface area (Å²) in [5, 5.41) is 1.29. The number of benzene rings is 2. The van der Waals surface area contributed by atoms with Crippen LogP contribution in [0.15, 0.2) is 58.6 Å². The van der Waals surface area contributed by atoms with Crippen molar-refractivity contribution in [3.05, 3.63) is 76.1 Å². The van der Waals surface area contributed by atoms with Crippen LogP contribution in [0.3, 0.4) is 0 Å². The molecule has 5 aromatic rings. The van der Waals surface area contributed by atoms with Crippen LogP contribution in [-0.4, -0.2) is 29.5 Å². The summed E-state index contributed by atoms with van der Waals surface area (Å²) in [5.74, 6) is 1.20. The van der Waals surface area contributed by atoms with E-state index in [1.807, 2.05) is 56.3 Å². The van der Waals surface area contributed by atoms with E-state index in [0.29, 0.717) is 38.7 Å². The molecule has 31 heavy (non-hydrogen) atoms. The molecular formula is C22H19N7OS. The van der Waals surface area contributed by atoms with Gasteiger partial charge in [-0.3, -0.25) is 9.36 Å². The van der Waals surface area contributed by atoms with Crippen LogP contribution in [0.4, 0.5) is 5.95 Å². The van der Waals surface area contributed by atoms with Crippen molar-refractivity contribution in [3.8, 4) is 5.69 Å². The van der Waals surface area contributed by atoms with Gasteiger partial charge in [-0.15, -0.1) is 0 Å². The van der Waals surface area contributed by atoms with E-state index in [2.05, 4.69) is 19.9 Å². The van der Waals surface area contributed by atoms with E-state index in [-0.39, 0.29) is 11.5 Å². The highest BCUT2D eigenvalue weighted by Gasteiger charge is 2.17. The molecule has 3 N–H and O–H groups in total. The SMILES string of the molecule is Cc1ccccc1-n1c(CSc2nc(N)nc3nc[nH]c23)nc2cccc(C)c2c1=O. The lowest BCUT2D eigenvalue weighted by atomic mass is 10.1. The summed E-state index contributed by atoms with van der Waals surface area (Å²) in [6.07, 6.45) is 1.56. The molecule has 0 saturated carbocycles. The highest BCUT2D eigenvalue weighted by molar-refractivity contribution is 7.98. The number of nitrogens with two attached hydrogens (primary N) is 1. The van der Waals surface area contributed by atoms with Gasteiger partial charge < -0.3 is 10.7 Å². The van der Waals surface area contributed by atoms with Crippen LogP contribution >= 0.6 is 11.8 Å². The molecule has 0 aliphatic heterocycles. The molecule has 8 nitrogen and oxygen atoms in total. The second-order valence-corrected chi connectivity index (χ2v) is 8.16.